The lowest BCUT2D eigenvalue weighted by Gasteiger charge is -2.07. The average molecular weight is 212 g/mol. The predicted octanol–water partition coefficient (Wildman–Crippen LogP) is 3.70. The van der Waals surface area contributed by atoms with Crippen molar-refractivity contribution in [2.45, 2.75) is 39.5 Å². The highest BCUT2D eigenvalue weighted by Crippen LogP contribution is 2.49. The number of hydrogen-bond acceptors (Lipinski definition) is 3. The van der Waals surface area contributed by atoms with E-state index in [0.29, 0.717) is 0 Å². The molecule has 0 saturated carbocycles. The number of rotatable bonds is 8. The summed E-state index contributed by atoms with van der Waals surface area (Å²) in [6.45, 7) is 3.91. The van der Waals surface area contributed by atoms with Crippen molar-refractivity contribution in [1.82, 2.24) is 0 Å². The predicted molar refractivity (Wildman–Crippen MR) is 50.4 cm³/mol. The molecular formula is C8H18FO3P. The Bertz CT molecular complexity index is 163. The molecule has 0 spiro atoms. The van der Waals surface area contributed by atoms with Crippen LogP contribution in [0.2, 0.25) is 0 Å². The van der Waals surface area contributed by atoms with Gasteiger partial charge in [0.25, 0.3) is 0 Å². The molecular weight excluding hydrogens is 194 g/mol. The van der Waals surface area contributed by atoms with Crippen LogP contribution in [0.15, 0.2) is 0 Å². The van der Waals surface area contributed by atoms with Gasteiger partial charge in [-0.3, -0.25) is 9.05 Å². The zero-order valence-electron chi connectivity index (χ0n) is 8.29. The van der Waals surface area contributed by atoms with Gasteiger partial charge in [0.05, 0.1) is 13.2 Å². The van der Waals surface area contributed by atoms with Gasteiger partial charge < -0.3 is 0 Å². The van der Waals surface area contributed by atoms with Gasteiger partial charge in [0, 0.05) is 0 Å². The molecule has 0 aromatic rings. The largest absolute Gasteiger partial charge is 0.513 e. The van der Waals surface area contributed by atoms with Crippen molar-refractivity contribution in [3.8, 4) is 0 Å². The normalized spacial score (nSPS) is 15.6. The van der Waals surface area contributed by atoms with E-state index in [1.807, 2.05) is 0 Å². The highest BCUT2D eigenvalue weighted by atomic mass is 31.2. The fraction of sp³-hybridized carbons (Fsp3) is 1.00. The Labute approximate surface area is 79.3 Å². The summed E-state index contributed by atoms with van der Waals surface area (Å²) in [5, 5.41) is 0. The zero-order chi connectivity index (χ0) is 10.2. The number of hydrogen-bond donors (Lipinski definition) is 0. The summed E-state index contributed by atoms with van der Waals surface area (Å²) >= 11 is 0. The molecule has 0 aliphatic rings. The van der Waals surface area contributed by atoms with Crippen molar-refractivity contribution < 1.29 is 17.8 Å². The van der Waals surface area contributed by atoms with Crippen LogP contribution >= 0.6 is 7.91 Å². The van der Waals surface area contributed by atoms with E-state index in [1.165, 1.54) is 0 Å². The smallest absolute Gasteiger partial charge is 0.284 e. The summed E-state index contributed by atoms with van der Waals surface area (Å²) in [6, 6.07) is 0. The van der Waals surface area contributed by atoms with Crippen LogP contribution in [0.5, 0.6) is 0 Å². The Morgan fingerprint density at radius 3 is 2.38 bits per heavy atom. The van der Waals surface area contributed by atoms with E-state index in [-0.39, 0.29) is 13.2 Å². The summed E-state index contributed by atoms with van der Waals surface area (Å²) < 4.78 is 32.2. The number of halogens is 1. The maximum absolute atomic E-state index is 12.7. The van der Waals surface area contributed by atoms with E-state index >= 15 is 0 Å². The molecule has 1 atom stereocenters. The van der Waals surface area contributed by atoms with Crippen LogP contribution in [0.4, 0.5) is 4.20 Å². The number of unbranched alkanes of at least 4 members (excludes halogenated alkanes) is 3. The first-order valence-electron chi connectivity index (χ1n) is 4.71. The van der Waals surface area contributed by atoms with Gasteiger partial charge >= 0.3 is 7.91 Å². The fourth-order valence-corrected chi connectivity index (χ4v) is 1.62. The third-order valence-electron chi connectivity index (χ3n) is 1.53. The second-order valence-corrected chi connectivity index (χ2v) is 4.12. The van der Waals surface area contributed by atoms with Crippen molar-refractivity contribution in [3.05, 3.63) is 0 Å². The van der Waals surface area contributed by atoms with E-state index in [2.05, 4.69) is 16.0 Å². The minimum atomic E-state index is -4.24. The van der Waals surface area contributed by atoms with Gasteiger partial charge in [-0.15, -0.1) is 4.20 Å². The Morgan fingerprint density at radius 1 is 1.15 bits per heavy atom. The topological polar surface area (TPSA) is 35.5 Å². The Hall–Kier alpha value is 0.0800. The molecule has 0 N–H and O–H groups in total. The van der Waals surface area contributed by atoms with Gasteiger partial charge in [-0.25, -0.2) is 4.57 Å². The first-order valence-corrected chi connectivity index (χ1v) is 6.14. The van der Waals surface area contributed by atoms with Crippen LogP contribution in [-0.4, -0.2) is 13.2 Å². The monoisotopic (exact) mass is 212 g/mol. The molecule has 0 aromatic carbocycles. The molecule has 80 valence electrons. The maximum Gasteiger partial charge on any atom is 0.513 e. The van der Waals surface area contributed by atoms with Crippen LogP contribution in [0.25, 0.3) is 0 Å². The standard InChI is InChI=1S/C8H18FO3P/c1-3-5-6-7-8-12-13(9,10)11-4-2/h3-8H2,1-2H3. The molecule has 0 radical (unpaired) electrons. The van der Waals surface area contributed by atoms with Gasteiger partial charge in [0.1, 0.15) is 0 Å². The first-order chi connectivity index (χ1) is 6.12. The first kappa shape index (κ1) is 13.1. The quantitative estimate of drug-likeness (QED) is 0.454. The summed E-state index contributed by atoms with van der Waals surface area (Å²) in [5.74, 6) is 0. The molecule has 1 unspecified atom stereocenters. The van der Waals surface area contributed by atoms with Crippen molar-refractivity contribution in [3.63, 3.8) is 0 Å². The minimum Gasteiger partial charge on any atom is -0.284 e. The lowest BCUT2D eigenvalue weighted by molar-refractivity contribution is 0.178. The van der Waals surface area contributed by atoms with E-state index < -0.39 is 7.91 Å². The molecule has 0 aliphatic carbocycles. The van der Waals surface area contributed by atoms with Crippen molar-refractivity contribution in [2.75, 3.05) is 13.2 Å². The van der Waals surface area contributed by atoms with Gasteiger partial charge in [-0.2, -0.15) is 0 Å². The van der Waals surface area contributed by atoms with E-state index in [4.69, 9.17) is 0 Å². The fourth-order valence-electron chi connectivity index (χ4n) is 0.894. The highest BCUT2D eigenvalue weighted by Gasteiger charge is 2.21. The zero-order valence-corrected chi connectivity index (χ0v) is 9.19. The molecule has 5 heteroatoms. The lowest BCUT2D eigenvalue weighted by Crippen LogP contribution is -1.93. The third kappa shape index (κ3) is 8.41. The molecule has 0 amide bonds. The van der Waals surface area contributed by atoms with Gasteiger partial charge in [-0.1, -0.05) is 26.2 Å². The van der Waals surface area contributed by atoms with E-state index in [0.717, 1.165) is 25.7 Å². The van der Waals surface area contributed by atoms with Gasteiger partial charge in [0.15, 0.2) is 0 Å². The summed E-state index contributed by atoms with van der Waals surface area (Å²) in [4.78, 5) is 0. The molecule has 13 heavy (non-hydrogen) atoms. The second-order valence-electron chi connectivity index (χ2n) is 2.74. The molecule has 0 rings (SSSR count). The Kier molecular flexibility index (Phi) is 7.53. The van der Waals surface area contributed by atoms with Gasteiger partial charge in [-0.05, 0) is 13.3 Å². The lowest BCUT2D eigenvalue weighted by atomic mass is 10.2. The highest BCUT2D eigenvalue weighted by molar-refractivity contribution is 7.48. The SMILES string of the molecule is CCCCCCOP(=O)(F)OCC. The molecule has 0 saturated heterocycles. The van der Waals surface area contributed by atoms with E-state index in [1.54, 1.807) is 6.92 Å². The van der Waals surface area contributed by atoms with Crippen LogP contribution < -0.4 is 0 Å². The van der Waals surface area contributed by atoms with E-state index in [9.17, 15) is 8.76 Å². The summed E-state index contributed by atoms with van der Waals surface area (Å²) in [5.41, 5.74) is 0. The van der Waals surface area contributed by atoms with Gasteiger partial charge in [0.2, 0.25) is 0 Å². The van der Waals surface area contributed by atoms with Crippen molar-refractivity contribution in [1.29, 1.82) is 0 Å². The molecule has 0 aromatic heterocycles. The summed E-state index contributed by atoms with van der Waals surface area (Å²) in [6.07, 6.45) is 3.91. The molecule has 0 heterocycles. The van der Waals surface area contributed by atoms with Crippen LogP contribution in [0, 0.1) is 0 Å². The Morgan fingerprint density at radius 2 is 1.85 bits per heavy atom. The van der Waals surface area contributed by atoms with Crippen LogP contribution in [-0.2, 0) is 13.6 Å². The minimum absolute atomic E-state index is 0.0722. The maximum atomic E-state index is 12.7. The molecule has 0 bridgehead atoms. The van der Waals surface area contributed by atoms with Crippen molar-refractivity contribution >= 4 is 7.91 Å². The average Bonchev–Trinajstić information content (AvgIpc) is 2.04. The molecule has 0 aliphatic heterocycles. The van der Waals surface area contributed by atoms with Crippen LogP contribution in [0.1, 0.15) is 39.5 Å². The third-order valence-corrected chi connectivity index (χ3v) is 2.58. The summed E-state index contributed by atoms with van der Waals surface area (Å²) in [7, 11) is -4.24. The molecule has 3 nitrogen and oxygen atoms in total. The Balaban J connectivity index is 3.35. The van der Waals surface area contributed by atoms with Crippen LogP contribution in [0.3, 0.4) is 0 Å². The molecule has 0 fully saturated rings. The second kappa shape index (κ2) is 7.48. The van der Waals surface area contributed by atoms with Crippen molar-refractivity contribution in [2.24, 2.45) is 0 Å².